The standard InChI is InChI=1S/C3H4ClN3/c4-7-3-1-2-5-6-7/h1-3,6H. The first kappa shape index (κ1) is 4.46. The number of nitrogens with one attached hydrogen (secondary N) is 1. The first-order valence-corrected chi connectivity index (χ1v) is 2.14. The van der Waals surface area contributed by atoms with Crippen molar-refractivity contribution in [1.82, 2.24) is 10.1 Å². The lowest BCUT2D eigenvalue weighted by atomic mass is 10.7. The molecular formula is C3H4ClN3. The third-order valence-electron chi connectivity index (χ3n) is 0.531. The Bertz CT molecular complexity index is 109. The van der Waals surface area contributed by atoms with Crippen LogP contribution in [0.2, 0.25) is 0 Å². The SMILES string of the molecule is ClN1C=CC=NN1. The van der Waals surface area contributed by atoms with Crippen molar-refractivity contribution >= 4 is 18.0 Å². The molecule has 0 aromatic heterocycles. The van der Waals surface area contributed by atoms with Gasteiger partial charge in [0.1, 0.15) is 0 Å². The van der Waals surface area contributed by atoms with Crippen molar-refractivity contribution in [3.63, 3.8) is 0 Å². The van der Waals surface area contributed by atoms with Gasteiger partial charge in [0.05, 0.1) is 6.21 Å². The van der Waals surface area contributed by atoms with E-state index in [1.165, 1.54) is 4.53 Å². The van der Waals surface area contributed by atoms with Gasteiger partial charge in [0.25, 0.3) is 0 Å². The van der Waals surface area contributed by atoms with Crippen molar-refractivity contribution in [3.8, 4) is 0 Å². The van der Waals surface area contributed by atoms with Crippen LogP contribution in [0.15, 0.2) is 17.4 Å². The Labute approximate surface area is 46.3 Å². The second-order valence-corrected chi connectivity index (χ2v) is 1.40. The van der Waals surface area contributed by atoms with Crippen molar-refractivity contribution in [2.75, 3.05) is 0 Å². The molecule has 0 atom stereocenters. The zero-order chi connectivity index (χ0) is 5.11. The molecule has 0 amide bonds. The Hall–Kier alpha value is -0.700. The summed E-state index contributed by atoms with van der Waals surface area (Å²) in [6, 6.07) is 0. The largest absolute Gasteiger partial charge is 0.204 e. The summed E-state index contributed by atoms with van der Waals surface area (Å²) in [5.74, 6) is 0. The van der Waals surface area contributed by atoms with Gasteiger partial charge < -0.3 is 0 Å². The van der Waals surface area contributed by atoms with Gasteiger partial charge in [0.2, 0.25) is 0 Å². The molecule has 1 heterocycles. The van der Waals surface area contributed by atoms with E-state index >= 15 is 0 Å². The first-order valence-electron chi connectivity index (χ1n) is 1.80. The number of hydrazone groups is 1. The Balaban J connectivity index is 2.49. The minimum atomic E-state index is 1.24. The van der Waals surface area contributed by atoms with Gasteiger partial charge >= 0.3 is 0 Å². The summed E-state index contributed by atoms with van der Waals surface area (Å²) in [5, 5.41) is 3.59. The zero-order valence-corrected chi connectivity index (χ0v) is 4.26. The second kappa shape index (κ2) is 1.84. The number of hydrazine groups is 1. The van der Waals surface area contributed by atoms with E-state index in [-0.39, 0.29) is 0 Å². The predicted octanol–water partition coefficient (Wildman–Crippen LogP) is 0.460. The van der Waals surface area contributed by atoms with Crippen molar-refractivity contribution in [2.45, 2.75) is 0 Å². The number of allylic oxidation sites excluding steroid dienone is 1. The lowest BCUT2D eigenvalue weighted by molar-refractivity contribution is 0.451. The molecule has 1 aliphatic rings. The smallest absolute Gasteiger partial charge is 0.0504 e. The highest BCUT2D eigenvalue weighted by Crippen LogP contribution is 1.90. The molecule has 1 aliphatic heterocycles. The van der Waals surface area contributed by atoms with Gasteiger partial charge in [-0.25, -0.2) is 5.53 Å². The molecule has 1 rings (SSSR count). The fourth-order valence-corrected chi connectivity index (χ4v) is 0.388. The van der Waals surface area contributed by atoms with Crippen LogP contribution in [0.4, 0.5) is 0 Å². The van der Waals surface area contributed by atoms with Crippen LogP contribution in [0.5, 0.6) is 0 Å². The number of hydrogen-bond acceptors (Lipinski definition) is 3. The van der Waals surface area contributed by atoms with E-state index in [0.29, 0.717) is 0 Å². The van der Waals surface area contributed by atoms with Crippen molar-refractivity contribution < 1.29 is 0 Å². The van der Waals surface area contributed by atoms with E-state index in [1.807, 2.05) is 0 Å². The van der Waals surface area contributed by atoms with Crippen LogP contribution in [0.3, 0.4) is 0 Å². The van der Waals surface area contributed by atoms with Crippen LogP contribution < -0.4 is 5.53 Å². The summed E-state index contributed by atoms with van der Waals surface area (Å²) in [6.07, 6.45) is 4.98. The quantitative estimate of drug-likeness (QED) is 0.467. The first-order chi connectivity index (χ1) is 3.39. The fourth-order valence-electron chi connectivity index (χ4n) is 0.279. The molecule has 0 unspecified atom stereocenters. The highest BCUT2D eigenvalue weighted by Gasteiger charge is 1.87. The molecule has 0 bridgehead atoms. The maximum atomic E-state index is 5.34. The van der Waals surface area contributed by atoms with Gasteiger partial charge in [-0.2, -0.15) is 9.63 Å². The molecule has 0 aromatic rings. The third-order valence-corrected chi connectivity index (χ3v) is 0.719. The number of nitrogens with zero attached hydrogens (tertiary/aromatic N) is 2. The van der Waals surface area contributed by atoms with Crippen LogP contribution >= 0.6 is 11.8 Å². The summed E-state index contributed by atoms with van der Waals surface area (Å²) in [7, 11) is 0. The summed E-state index contributed by atoms with van der Waals surface area (Å²) in [6.45, 7) is 0. The van der Waals surface area contributed by atoms with E-state index in [4.69, 9.17) is 11.8 Å². The lowest BCUT2D eigenvalue weighted by Gasteiger charge is -2.09. The summed E-state index contributed by atoms with van der Waals surface area (Å²) in [5.41, 5.74) is 2.46. The van der Waals surface area contributed by atoms with E-state index < -0.39 is 0 Å². The molecule has 0 saturated heterocycles. The molecule has 0 radical (unpaired) electrons. The van der Waals surface area contributed by atoms with Crippen LogP contribution in [-0.4, -0.2) is 10.7 Å². The highest BCUT2D eigenvalue weighted by atomic mass is 35.5. The second-order valence-electron chi connectivity index (χ2n) is 1.03. The van der Waals surface area contributed by atoms with Gasteiger partial charge in [0, 0.05) is 18.0 Å². The van der Waals surface area contributed by atoms with Gasteiger partial charge in [-0.3, -0.25) is 0 Å². The Morgan fingerprint density at radius 1 is 1.71 bits per heavy atom. The third kappa shape index (κ3) is 1.08. The molecule has 0 aliphatic carbocycles. The Morgan fingerprint density at radius 2 is 2.57 bits per heavy atom. The minimum Gasteiger partial charge on any atom is -0.204 e. The molecule has 0 spiro atoms. The highest BCUT2D eigenvalue weighted by molar-refractivity contribution is 6.13. The van der Waals surface area contributed by atoms with Crippen molar-refractivity contribution in [1.29, 1.82) is 0 Å². The van der Waals surface area contributed by atoms with Crippen LogP contribution in [0, 0.1) is 0 Å². The van der Waals surface area contributed by atoms with E-state index in [9.17, 15) is 0 Å². The van der Waals surface area contributed by atoms with Gasteiger partial charge in [0.15, 0.2) is 0 Å². The van der Waals surface area contributed by atoms with Crippen LogP contribution in [0.1, 0.15) is 0 Å². The number of hydrogen-bond donors (Lipinski definition) is 1. The molecule has 1 N–H and O–H groups in total. The molecule has 7 heavy (non-hydrogen) atoms. The average molecular weight is 118 g/mol. The molecule has 38 valence electrons. The summed E-state index contributed by atoms with van der Waals surface area (Å²) in [4.78, 5) is 0. The average Bonchev–Trinajstić information content (AvgIpc) is 1.69. The summed E-state index contributed by atoms with van der Waals surface area (Å²) < 4.78 is 1.24. The number of rotatable bonds is 0. The maximum absolute atomic E-state index is 5.34. The molecule has 0 fully saturated rings. The van der Waals surface area contributed by atoms with E-state index in [2.05, 4.69) is 10.6 Å². The molecular weight excluding hydrogens is 114 g/mol. The van der Waals surface area contributed by atoms with Crippen molar-refractivity contribution in [2.24, 2.45) is 5.10 Å². The van der Waals surface area contributed by atoms with E-state index in [1.54, 1.807) is 18.5 Å². The Kier molecular flexibility index (Phi) is 1.17. The molecule has 0 aromatic carbocycles. The van der Waals surface area contributed by atoms with E-state index in [0.717, 1.165) is 0 Å². The maximum Gasteiger partial charge on any atom is 0.0504 e. The monoisotopic (exact) mass is 117 g/mol. The topological polar surface area (TPSA) is 27.6 Å². The normalized spacial score (nSPS) is 17.0. The van der Waals surface area contributed by atoms with Gasteiger partial charge in [-0.15, -0.1) is 0 Å². The van der Waals surface area contributed by atoms with Crippen LogP contribution in [0.25, 0.3) is 0 Å². The predicted molar refractivity (Wildman–Crippen MR) is 28.5 cm³/mol. The van der Waals surface area contributed by atoms with Crippen molar-refractivity contribution in [3.05, 3.63) is 12.3 Å². The molecule has 3 nitrogen and oxygen atoms in total. The molecule has 4 heteroatoms. The van der Waals surface area contributed by atoms with Crippen LogP contribution in [-0.2, 0) is 0 Å². The minimum absolute atomic E-state index is 1.24. The van der Waals surface area contributed by atoms with Gasteiger partial charge in [-0.05, 0) is 6.08 Å². The zero-order valence-electron chi connectivity index (χ0n) is 3.50. The lowest BCUT2D eigenvalue weighted by Crippen LogP contribution is -2.20. The van der Waals surface area contributed by atoms with Gasteiger partial charge in [-0.1, -0.05) is 0 Å². The number of halogens is 1. The Morgan fingerprint density at radius 3 is 2.86 bits per heavy atom. The fraction of sp³-hybridized carbons (Fsp3) is 0. The summed E-state index contributed by atoms with van der Waals surface area (Å²) >= 11 is 5.34. The molecule has 0 saturated carbocycles.